The van der Waals surface area contributed by atoms with Crippen molar-refractivity contribution >= 4 is 29.3 Å². The van der Waals surface area contributed by atoms with E-state index in [1.807, 2.05) is 5.32 Å². The van der Waals surface area contributed by atoms with E-state index >= 15 is 0 Å². The summed E-state index contributed by atoms with van der Waals surface area (Å²) in [6, 6.07) is 6.38. The summed E-state index contributed by atoms with van der Waals surface area (Å²) in [5.74, 6) is -2.05. The molecule has 1 aromatic carbocycles. The number of fused-ring (bicyclic) bond motifs is 1. The third-order valence-corrected chi connectivity index (χ3v) is 5.60. The van der Waals surface area contributed by atoms with Crippen molar-refractivity contribution in [3.8, 4) is 22.8 Å². The predicted octanol–water partition coefficient (Wildman–Crippen LogP) is 3.75. The second-order valence-electron chi connectivity index (χ2n) is 8.66. The maximum Gasteiger partial charge on any atom is 0.405 e. The lowest BCUT2D eigenvalue weighted by atomic mass is 10.0. The summed E-state index contributed by atoms with van der Waals surface area (Å²) in [4.78, 5) is 28.2. The number of hydrogen-bond donors (Lipinski definition) is 4. The first-order valence-corrected chi connectivity index (χ1v) is 11.1. The van der Waals surface area contributed by atoms with Gasteiger partial charge in [-0.3, -0.25) is 9.20 Å². The third-order valence-electron chi connectivity index (χ3n) is 5.60. The van der Waals surface area contributed by atoms with Gasteiger partial charge in [-0.2, -0.15) is 13.2 Å². The smallest absolute Gasteiger partial charge is 0.405 e. The second kappa shape index (κ2) is 10.8. The van der Waals surface area contributed by atoms with E-state index in [1.54, 1.807) is 28.9 Å². The topological polar surface area (TPSA) is 138 Å². The number of nitrogens with zero attached hydrogens (tertiary/aromatic N) is 2. The Hall–Kier alpha value is -4.55. The van der Waals surface area contributed by atoms with Crippen LogP contribution in [0.15, 0.2) is 42.9 Å². The summed E-state index contributed by atoms with van der Waals surface area (Å²) < 4.78 is 50.1. The molecule has 3 rings (SSSR count). The number of hydrogen-bond acceptors (Lipinski definition) is 7. The SMILES string of the molecule is COc1cc(-c2cnc3cc(/C(C=N)=C/NC(C)(C)C(=O)O)ccn23)cc(OC)c1C(=O)NCC(F)(F)F. The second-order valence-corrected chi connectivity index (χ2v) is 8.66. The first-order valence-electron chi connectivity index (χ1n) is 11.1. The number of pyridine rings is 1. The number of rotatable bonds is 10. The van der Waals surface area contributed by atoms with Crippen LogP contribution in [-0.4, -0.2) is 65.1 Å². The lowest BCUT2D eigenvalue weighted by molar-refractivity contribution is -0.142. The van der Waals surface area contributed by atoms with Gasteiger partial charge in [0, 0.05) is 29.7 Å². The van der Waals surface area contributed by atoms with Crippen LogP contribution in [0.1, 0.15) is 29.8 Å². The number of carboxylic acids is 1. The number of aromatic nitrogens is 2. The van der Waals surface area contributed by atoms with Crippen LogP contribution in [0, 0.1) is 5.41 Å². The molecule has 0 atom stereocenters. The Bertz CT molecular complexity index is 1390. The number of imidazole rings is 1. The van der Waals surface area contributed by atoms with Crippen molar-refractivity contribution in [1.82, 2.24) is 20.0 Å². The van der Waals surface area contributed by atoms with E-state index in [0.717, 1.165) is 6.21 Å². The summed E-state index contributed by atoms with van der Waals surface area (Å²) in [6.07, 6.45) is 1.18. The van der Waals surface area contributed by atoms with Gasteiger partial charge in [-0.05, 0) is 43.7 Å². The highest BCUT2D eigenvalue weighted by molar-refractivity contribution is 6.08. The minimum Gasteiger partial charge on any atom is -0.496 e. The average molecular weight is 534 g/mol. The van der Waals surface area contributed by atoms with Gasteiger partial charge in [-0.1, -0.05) is 0 Å². The number of ether oxygens (including phenoxy) is 2. The minimum absolute atomic E-state index is 0.00624. The van der Waals surface area contributed by atoms with Gasteiger partial charge >= 0.3 is 12.1 Å². The molecule has 1 amide bonds. The molecule has 0 aliphatic rings. The van der Waals surface area contributed by atoms with Gasteiger partial charge < -0.3 is 30.6 Å². The van der Waals surface area contributed by atoms with Crippen LogP contribution in [0.25, 0.3) is 22.5 Å². The van der Waals surface area contributed by atoms with Gasteiger partial charge in [0.15, 0.2) is 0 Å². The number of amides is 1. The summed E-state index contributed by atoms with van der Waals surface area (Å²) in [7, 11) is 2.56. The van der Waals surface area contributed by atoms with E-state index in [-0.39, 0.29) is 17.1 Å². The van der Waals surface area contributed by atoms with Gasteiger partial charge in [0.1, 0.15) is 34.8 Å². The molecule has 4 N–H and O–H groups in total. The van der Waals surface area contributed by atoms with E-state index in [1.165, 1.54) is 46.4 Å². The van der Waals surface area contributed by atoms with E-state index in [4.69, 9.17) is 14.9 Å². The van der Waals surface area contributed by atoms with Crippen molar-refractivity contribution in [1.29, 1.82) is 5.41 Å². The van der Waals surface area contributed by atoms with Crippen LogP contribution in [0.2, 0.25) is 0 Å². The Labute approximate surface area is 215 Å². The zero-order valence-corrected chi connectivity index (χ0v) is 20.9. The van der Waals surface area contributed by atoms with Crippen LogP contribution in [-0.2, 0) is 4.79 Å². The van der Waals surface area contributed by atoms with Crippen LogP contribution in [0.5, 0.6) is 11.5 Å². The van der Waals surface area contributed by atoms with Gasteiger partial charge in [-0.25, -0.2) is 9.78 Å². The van der Waals surface area contributed by atoms with Gasteiger partial charge in [0.2, 0.25) is 0 Å². The number of benzene rings is 1. The molecule has 2 aromatic heterocycles. The van der Waals surface area contributed by atoms with Gasteiger partial charge in [-0.15, -0.1) is 0 Å². The number of allylic oxidation sites excluding steroid dienone is 1. The van der Waals surface area contributed by atoms with Crippen molar-refractivity contribution in [2.45, 2.75) is 25.6 Å². The highest BCUT2D eigenvalue weighted by Crippen LogP contribution is 2.35. The predicted molar refractivity (Wildman–Crippen MR) is 134 cm³/mol. The number of aliphatic carboxylic acids is 1. The Morgan fingerprint density at radius 3 is 2.32 bits per heavy atom. The average Bonchev–Trinajstić information content (AvgIpc) is 3.29. The number of carbonyl (C=O) groups excluding carboxylic acids is 1. The summed E-state index contributed by atoms with van der Waals surface area (Å²) >= 11 is 0. The first-order chi connectivity index (χ1) is 17.8. The highest BCUT2D eigenvalue weighted by Gasteiger charge is 2.30. The lowest BCUT2D eigenvalue weighted by Gasteiger charge is -2.20. The molecule has 10 nitrogen and oxygen atoms in total. The molecule has 0 spiro atoms. The normalized spacial score (nSPS) is 12.2. The molecule has 0 saturated heterocycles. The molecule has 13 heteroatoms. The fourth-order valence-electron chi connectivity index (χ4n) is 3.45. The molecule has 0 aliphatic heterocycles. The molecule has 0 saturated carbocycles. The molecule has 0 unspecified atom stereocenters. The lowest BCUT2D eigenvalue weighted by Crippen LogP contribution is -2.43. The fraction of sp³-hybridized carbons (Fsp3) is 0.280. The zero-order valence-electron chi connectivity index (χ0n) is 20.9. The van der Waals surface area contributed by atoms with Crippen molar-refractivity contribution in [2.75, 3.05) is 20.8 Å². The first kappa shape index (κ1) is 28.0. The van der Waals surface area contributed by atoms with Gasteiger partial charge in [0.25, 0.3) is 5.91 Å². The maximum absolute atomic E-state index is 12.6. The fourth-order valence-corrected chi connectivity index (χ4v) is 3.45. The number of alkyl halides is 3. The number of carbonyl (C=O) groups is 2. The van der Waals surface area contributed by atoms with E-state index < -0.39 is 30.1 Å². The molecular formula is C25H26F3N5O5. The molecule has 2 heterocycles. The van der Waals surface area contributed by atoms with Crippen molar-refractivity contribution < 1.29 is 37.3 Å². The van der Waals surface area contributed by atoms with Gasteiger partial charge in [0.05, 0.1) is 26.1 Å². The Morgan fingerprint density at radius 1 is 1.16 bits per heavy atom. The number of halogens is 3. The molecule has 3 aromatic rings. The Kier molecular flexibility index (Phi) is 7.98. The number of carboxylic acid groups (broad SMARTS) is 1. The molecular weight excluding hydrogens is 507 g/mol. The maximum atomic E-state index is 12.6. The quantitative estimate of drug-likeness (QED) is 0.291. The summed E-state index contributed by atoms with van der Waals surface area (Å²) in [5.41, 5.74) is 1.17. The van der Waals surface area contributed by atoms with Crippen LogP contribution >= 0.6 is 0 Å². The van der Waals surface area contributed by atoms with E-state index in [9.17, 15) is 27.9 Å². The molecule has 0 fully saturated rings. The molecule has 202 valence electrons. The molecule has 0 radical (unpaired) electrons. The van der Waals surface area contributed by atoms with Crippen LogP contribution in [0.3, 0.4) is 0 Å². The zero-order chi connectivity index (χ0) is 28.3. The van der Waals surface area contributed by atoms with Crippen molar-refractivity contribution in [2.24, 2.45) is 0 Å². The largest absolute Gasteiger partial charge is 0.496 e. The molecule has 0 bridgehead atoms. The Balaban J connectivity index is 2.00. The number of methoxy groups -OCH3 is 2. The highest BCUT2D eigenvalue weighted by atomic mass is 19.4. The molecule has 0 aliphatic carbocycles. The van der Waals surface area contributed by atoms with Crippen LogP contribution < -0.4 is 20.1 Å². The van der Waals surface area contributed by atoms with E-state index in [0.29, 0.717) is 28.0 Å². The molecule has 38 heavy (non-hydrogen) atoms. The van der Waals surface area contributed by atoms with Crippen molar-refractivity contribution in [3.05, 3.63) is 54.0 Å². The Morgan fingerprint density at radius 2 is 1.79 bits per heavy atom. The third kappa shape index (κ3) is 6.05. The standard InChI is InChI=1S/C25H26F3N5O5/c1-24(2,23(35)36)32-11-16(10-29)14-5-6-33-17(12-30-20(33)9-14)15-7-18(37-3)21(19(8-15)38-4)22(34)31-13-25(26,27)28/h5-12,29,32H,13H2,1-4H3,(H,31,34)(H,35,36)/b16-11+,29-10?. The monoisotopic (exact) mass is 533 g/mol. The minimum atomic E-state index is -4.58. The van der Waals surface area contributed by atoms with Crippen LogP contribution in [0.4, 0.5) is 13.2 Å². The summed E-state index contributed by atoms with van der Waals surface area (Å²) in [6.45, 7) is 1.47. The summed E-state index contributed by atoms with van der Waals surface area (Å²) in [5, 5.41) is 21.6. The van der Waals surface area contributed by atoms with E-state index in [2.05, 4.69) is 10.3 Å². The number of nitrogens with one attached hydrogen (secondary N) is 3. The van der Waals surface area contributed by atoms with Crippen molar-refractivity contribution in [3.63, 3.8) is 0 Å².